The molecule has 0 unspecified atom stereocenters. The van der Waals surface area contributed by atoms with Gasteiger partial charge in [0, 0.05) is 29.9 Å². The normalized spacial score (nSPS) is 11.5. The van der Waals surface area contributed by atoms with Gasteiger partial charge in [-0.2, -0.15) is 10.2 Å². The smallest absolute Gasteiger partial charge is 0.135 e. The first-order chi connectivity index (χ1) is 11.8. The molecule has 3 aromatic heterocycles. The summed E-state index contributed by atoms with van der Waals surface area (Å²) in [6, 6.07) is 8.03. The molecule has 24 heavy (non-hydrogen) atoms. The van der Waals surface area contributed by atoms with Gasteiger partial charge >= 0.3 is 0 Å². The van der Waals surface area contributed by atoms with Crippen LogP contribution in [-0.2, 0) is 6.54 Å². The topological polar surface area (TPSA) is 97.4 Å². The number of anilines is 1. The van der Waals surface area contributed by atoms with Gasteiger partial charge < -0.3 is 11.1 Å². The van der Waals surface area contributed by atoms with Crippen LogP contribution in [0.4, 0.5) is 5.82 Å². The van der Waals surface area contributed by atoms with Crippen LogP contribution in [0.25, 0.3) is 33.1 Å². The quantitative estimate of drug-likeness (QED) is 0.489. The average molecular weight is 321 g/mol. The Hall–Kier alpha value is -2.93. The summed E-state index contributed by atoms with van der Waals surface area (Å²) in [5, 5.41) is 16.9. The van der Waals surface area contributed by atoms with Crippen molar-refractivity contribution in [2.45, 2.75) is 13.5 Å². The lowest BCUT2D eigenvalue weighted by atomic mass is 10.1. The molecular weight excluding hydrogens is 302 g/mol. The minimum absolute atomic E-state index is 0.508. The highest BCUT2D eigenvalue weighted by atomic mass is 15.3. The van der Waals surface area contributed by atoms with E-state index in [-0.39, 0.29) is 0 Å². The van der Waals surface area contributed by atoms with Crippen molar-refractivity contribution in [3.63, 3.8) is 0 Å². The van der Waals surface area contributed by atoms with E-state index < -0.39 is 0 Å². The van der Waals surface area contributed by atoms with Crippen LogP contribution in [0.2, 0.25) is 0 Å². The molecule has 7 heteroatoms. The lowest BCUT2D eigenvalue weighted by Gasteiger charge is -2.03. The van der Waals surface area contributed by atoms with Crippen LogP contribution in [0.5, 0.6) is 0 Å². The summed E-state index contributed by atoms with van der Waals surface area (Å²) in [5.41, 5.74) is 9.87. The summed E-state index contributed by atoms with van der Waals surface area (Å²) in [6.45, 7) is 4.71. The Morgan fingerprint density at radius 3 is 2.96 bits per heavy atom. The molecule has 4 rings (SSSR count). The molecule has 0 saturated heterocycles. The molecule has 0 fully saturated rings. The van der Waals surface area contributed by atoms with Crippen LogP contribution in [0.1, 0.15) is 6.92 Å². The van der Waals surface area contributed by atoms with E-state index in [0.29, 0.717) is 5.82 Å². The summed E-state index contributed by atoms with van der Waals surface area (Å²) in [7, 11) is 0. The monoisotopic (exact) mass is 321 g/mol. The molecule has 0 amide bonds. The maximum absolute atomic E-state index is 6.16. The highest BCUT2D eigenvalue weighted by Gasteiger charge is 2.12. The maximum Gasteiger partial charge on any atom is 0.135 e. The van der Waals surface area contributed by atoms with Crippen LogP contribution < -0.4 is 11.1 Å². The van der Waals surface area contributed by atoms with Crippen molar-refractivity contribution < 1.29 is 0 Å². The molecule has 4 N–H and O–H groups in total. The maximum atomic E-state index is 6.16. The molecule has 0 bridgehead atoms. The van der Waals surface area contributed by atoms with Crippen molar-refractivity contribution in [1.29, 1.82) is 0 Å². The van der Waals surface area contributed by atoms with Crippen molar-refractivity contribution >= 4 is 27.6 Å². The summed E-state index contributed by atoms with van der Waals surface area (Å²) in [4.78, 5) is 4.56. The van der Waals surface area contributed by atoms with E-state index in [1.807, 2.05) is 35.1 Å². The molecule has 0 aliphatic heterocycles. The highest BCUT2D eigenvalue weighted by molar-refractivity contribution is 6.08. The summed E-state index contributed by atoms with van der Waals surface area (Å²) >= 11 is 0. The average Bonchev–Trinajstić information content (AvgIpc) is 3.25. The number of likely N-dealkylation sites (N-methyl/N-ethyl adjacent to an activating group) is 1. The fourth-order valence-electron chi connectivity index (χ4n) is 2.89. The molecular formula is C17H19N7. The first-order valence-corrected chi connectivity index (χ1v) is 8.03. The molecule has 0 spiro atoms. The van der Waals surface area contributed by atoms with Gasteiger partial charge in [-0.25, -0.2) is 4.98 Å². The fraction of sp³-hybridized carbons (Fsp3) is 0.235. The zero-order chi connectivity index (χ0) is 16.5. The summed E-state index contributed by atoms with van der Waals surface area (Å²) in [6.07, 6.45) is 3.70. The standard InChI is InChI=1S/C17H19N7/c1-2-19-7-8-24-10-13-16(23-24)12-4-3-11(14-5-6-20-22-14)9-15(12)21-17(13)18/h3-6,9-10,19H,2,7-8H2,1H3,(H2,18,21)(H,20,22). The van der Waals surface area contributed by atoms with Gasteiger partial charge in [-0.05, 0) is 24.7 Å². The van der Waals surface area contributed by atoms with Gasteiger partial charge in [0.25, 0.3) is 0 Å². The van der Waals surface area contributed by atoms with Crippen molar-refractivity contribution in [3.8, 4) is 11.3 Å². The minimum Gasteiger partial charge on any atom is -0.383 e. The zero-order valence-corrected chi connectivity index (χ0v) is 13.5. The molecule has 0 saturated carbocycles. The van der Waals surface area contributed by atoms with Gasteiger partial charge in [0.05, 0.1) is 23.1 Å². The van der Waals surface area contributed by atoms with Gasteiger partial charge in [-0.1, -0.05) is 13.0 Å². The molecule has 0 aliphatic carbocycles. The minimum atomic E-state index is 0.508. The predicted octanol–water partition coefficient (Wildman–Crippen LogP) is 2.17. The molecule has 0 aliphatic rings. The Morgan fingerprint density at radius 1 is 1.25 bits per heavy atom. The largest absolute Gasteiger partial charge is 0.383 e. The van der Waals surface area contributed by atoms with E-state index in [2.05, 4.69) is 27.4 Å². The predicted molar refractivity (Wildman–Crippen MR) is 95.6 cm³/mol. The van der Waals surface area contributed by atoms with Crippen LogP contribution in [0.3, 0.4) is 0 Å². The number of hydrogen-bond acceptors (Lipinski definition) is 5. The number of nitrogen functional groups attached to an aromatic ring is 1. The first-order valence-electron chi connectivity index (χ1n) is 8.03. The second kappa shape index (κ2) is 5.93. The van der Waals surface area contributed by atoms with Crippen molar-refractivity contribution in [3.05, 3.63) is 36.7 Å². The molecule has 3 heterocycles. The Morgan fingerprint density at radius 2 is 2.17 bits per heavy atom. The lowest BCUT2D eigenvalue weighted by molar-refractivity contribution is 0.570. The van der Waals surface area contributed by atoms with Crippen LogP contribution >= 0.6 is 0 Å². The third-order valence-electron chi connectivity index (χ3n) is 4.11. The first kappa shape index (κ1) is 14.6. The Balaban J connectivity index is 1.81. The van der Waals surface area contributed by atoms with Crippen LogP contribution in [0.15, 0.2) is 36.7 Å². The third kappa shape index (κ3) is 2.48. The number of aromatic amines is 1. The van der Waals surface area contributed by atoms with Gasteiger partial charge in [0.2, 0.25) is 0 Å². The molecule has 4 aromatic rings. The molecule has 0 atom stereocenters. The van der Waals surface area contributed by atoms with E-state index in [1.54, 1.807) is 6.20 Å². The Bertz CT molecular complexity index is 985. The summed E-state index contributed by atoms with van der Waals surface area (Å²) in [5.74, 6) is 0.508. The lowest BCUT2D eigenvalue weighted by Crippen LogP contribution is -2.19. The number of hydrogen-bond donors (Lipinski definition) is 3. The van der Waals surface area contributed by atoms with E-state index in [4.69, 9.17) is 10.8 Å². The number of nitrogens with two attached hydrogens (primary N) is 1. The number of rotatable bonds is 5. The number of aromatic nitrogens is 5. The van der Waals surface area contributed by atoms with Crippen LogP contribution in [-0.4, -0.2) is 38.1 Å². The van der Waals surface area contributed by atoms with Gasteiger partial charge in [0.1, 0.15) is 11.3 Å². The number of nitrogens with one attached hydrogen (secondary N) is 2. The summed E-state index contributed by atoms with van der Waals surface area (Å²) < 4.78 is 1.92. The van der Waals surface area contributed by atoms with Crippen LogP contribution in [0, 0.1) is 0 Å². The molecule has 122 valence electrons. The fourth-order valence-corrected chi connectivity index (χ4v) is 2.89. The molecule has 1 aromatic carbocycles. The van der Waals surface area contributed by atoms with Gasteiger partial charge in [-0.3, -0.25) is 9.78 Å². The highest BCUT2D eigenvalue weighted by Crippen LogP contribution is 2.29. The number of fused-ring (bicyclic) bond motifs is 3. The van der Waals surface area contributed by atoms with E-state index in [0.717, 1.165) is 52.7 Å². The second-order valence-corrected chi connectivity index (χ2v) is 5.71. The molecule has 7 nitrogen and oxygen atoms in total. The van der Waals surface area contributed by atoms with E-state index >= 15 is 0 Å². The number of nitrogens with zero attached hydrogens (tertiary/aromatic N) is 4. The van der Waals surface area contributed by atoms with Crippen molar-refractivity contribution in [1.82, 2.24) is 30.3 Å². The Kier molecular flexibility index (Phi) is 3.62. The second-order valence-electron chi connectivity index (χ2n) is 5.71. The number of H-pyrrole nitrogens is 1. The number of pyridine rings is 1. The zero-order valence-electron chi connectivity index (χ0n) is 13.5. The van der Waals surface area contributed by atoms with Crippen molar-refractivity contribution in [2.75, 3.05) is 18.8 Å². The molecule has 0 radical (unpaired) electrons. The van der Waals surface area contributed by atoms with Gasteiger partial charge in [-0.15, -0.1) is 0 Å². The third-order valence-corrected chi connectivity index (χ3v) is 4.11. The Labute approximate surface area is 138 Å². The van der Waals surface area contributed by atoms with Gasteiger partial charge in [0.15, 0.2) is 0 Å². The SMILES string of the molecule is CCNCCn1cc2c(N)nc3cc(-c4ccn[nH]4)ccc3c2n1. The van der Waals surface area contributed by atoms with Crippen molar-refractivity contribution in [2.24, 2.45) is 0 Å². The van der Waals surface area contributed by atoms with E-state index in [9.17, 15) is 0 Å². The number of benzene rings is 1. The van der Waals surface area contributed by atoms with E-state index in [1.165, 1.54) is 0 Å².